The molecule has 3 rings (SSSR count). The van der Waals surface area contributed by atoms with Crippen molar-refractivity contribution < 1.29 is 13.9 Å². The molecule has 0 bridgehead atoms. The van der Waals surface area contributed by atoms with Gasteiger partial charge < -0.3 is 15.0 Å². The van der Waals surface area contributed by atoms with Crippen LogP contribution in [-0.2, 0) is 0 Å². The van der Waals surface area contributed by atoms with E-state index in [9.17, 15) is 9.18 Å². The molecule has 0 saturated carbocycles. The predicted molar refractivity (Wildman–Crippen MR) is 89.7 cm³/mol. The Morgan fingerprint density at radius 3 is 2.62 bits per heavy atom. The quantitative estimate of drug-likeness (QED) is 0.937. The third-order valence-corrected chi connectivity index (χ3v) is 4.02. The zero-order chi connectivity index (χ0) is 16.9. The molecule has 0 aliphatic carbocycles. The number of carbonyl (C=O) groups is 1. The average Bonchev–Trinajstić information content (AvgIpc) is 2.58. The molecule has 1 aromatic heterocycles. The minimum atomic E-state index is -0.377. The number of nitrogens with one attached hydrogen (secondary N) is 1. The van der Waals surface area contributed by atoms with E-state index in [1.807, 2.05) is 0 Å². The molecule has 1 aliphatic heterocycles. The number of hydrogen-bond donors (Lipinski definition) is 1. The minimum Gasteiger partial charge on any atom is -0.474 e. The van der Waals surface area contributed by atoms with E-state index in [1.54, 1.807) is 18.2 Å². The van der Waals surface area contributed by atoms with Gasteiger partial charge in [-0.3, -0.25) is 4.79 Å². The van der Waals surface area contributed by atoms with E-state index in [0.29, 0.717) is 17.3 Å². The Bertz CT molecular complexity index is 698. The zero-order valence-electron chi connectivity index (χ0n) is 13.5. The van der Waals surface area contributed by atoms with Gasteiger partial charge >= 0.3 is 0 Å². The second kappa shape index (κ2) is 7.40. The number of nitrogens with zero attached hydrogens (tertiary/aromatic N) is 2. The molecular weight excluding hydrogens is 309 g/mol. The minimum absolute atomic E-state index is 0.150. The molecule has 126 valence electrons. The zero-order valence-corrected chi connectivity index (χ0v) is 13.5. The number of piperidine rings is 1. The standard InChI is InChI=1S/C18H20FN3O2/c1-22-11-9-15(10-12-22)24-17-4-2-3-16(20-17)21-18(23)13-5-7-14(19)8-6-13/h2-8,15H,9-12H2,1H3,(H,20,21,23). The van der Waals surface area contributed by atoms with Crippen LogP contribution in [0.3, 0.4) is 0 Å². The Kier molecular flexibility index (Phi) is 5.05. The normalized spacial score (nSPS) is 15.9. The molecule has 24 heavy (non-hydrogen) atoms. The molecule has 5 nitrogen and oxygen atoms in total. The third kappa shape index (κ3) is 4.29. The molecule has 0 unspecified atom stereocenters. The number of benzene rings is 1. The van der Waals surface area contributed by atoms with Crippen LogP contribution in [0.2, 0.25) is 0 Å². The maximum absolute atomic E-state index is 12.9. The van der Waals surface area contributed by atoms with E-state index >= 15 is 0 Å². The fourth-order valence-electron chi connectivity index (χ4n) is 2.61. The number of hydrogen-bond acceptors (Lipinski definition) is 4. The second-order valence-electron chi connectivity index (χ2n) is 5.94. The lowest BCUT2D eigenvalue weighted by atomic mass is 10.1. The highest BCUT2D eigenvalue weighted by atomic mass is 19.1. The topological polar surface area (TPSA) is 54.5 Å². The summed E-state index contributed by atoms with van der Waals surface area (Å²) in [6.07, 6.45) is 2.08. The van der Waals surface area contributed by atoms with Crippen LogP contribution < -0.4 is 10.1 Å². The van der Waals surface area contributed by atoms with Crippen molar-refractivity contribution in [2.75, 3.05) is 25.5 Å². The van der Waals surface area contributed by atoms with Crippen molar-refractivity contribution in [2.45, 2.75) is 18.9 Å². The number of rotatable bonds is 4. The molecule has 1 aliphatic rings. The van der Waals surface area contributed by atoms with Crippen molar-refractivity contribution in [1.29, 1.82) is 0 Å². The summed E-state index contributed by atoms with van der Waals surface area (Å²) in [5.41, 5.74) is 0.375. The summed E-state index contributed by atoms with van der Waals surface area (Å²) in [6, 6.07) is 10.6. The molecule has 0 atom stereocenters. The van der Waals surface area contributed by atoms with E-state index in [4.69, 9.17) is 4.74 Å². The van der Waals surface area contributed by atoms with Crippen molar-refractivity contribution in [3.63, 3.8) is 0 Å². The average molecular weight is 329 g/mol. The Balaban J connectivity index is 1.62. The number of anilines is 1. The molecule has 0 radical (unpaired) electrons. The van der Waals surface area contributed by atoms with E-state index in [0.717, 1.165) is 25.9 Å². The second-order valence-corrected chi connectivity index (χ2v) is 5.94. The van der Waals surface area contributed by atoms with Gasteiger partial charge in [-0.1, -0.05) is 6.07 Å². The van der Waals surface area contributed by atoms with Gasteiger partial charge in [0.05, 0.1) is 0 Å². The Morgan fingerprint density at radius 1 is 1.21 bits per heavy atom. The van der Waals surface area contributed by atoms with Crippen LogP contribution in [0.4, 0.5) is 10.2 Å². The van der Waals surface area contributed by atoms with Crippen LogP contribution in [0.5, 0.6) is 5.88 Å². The molecule has 1 amide bonds. The summed E-state index contributed by atoms with van der Waals surface area (Å²) in [4.78, 5) is 18.7. The summed E-state index contributed by atoms with van der Waals surface area (Å²) in [7, 11) is 2.10. The van der Waals surface area contributed by atoms with Crippen molar-refractivity contribution in [2.24, 2.45) is 0 Å². The van der Waals surface area contributed by atoms with Gasteiger partial charge in [-0.15, -0.1) is 0 Å². The lowest BCUT2D eigenvalue weighted by Gasteiger charge is -2.28. The number of aromatic nitrogens is 1. The smallest absolute Gasteiger partial charge is 0.256 e. The monoisotopic (exact) mass is 329 g/mol. The molecule has 1 fully saturated rings. The van der Waals surface area contributed by atoms with Crippen molar-refractivity contribution in [3.05, 3.63) is 53.8 Å². The van der Waals surface area contributed by atoms with Gasteiger partial charge in [0.2, 0.25) is 5.88 Å². The van der Waals surface area contributed by atoms with Crippen LogP contribution in [0.1, 0.15) is 23.2 Å². The van der Waals surface area contributed by atoms with E-state index in [1.165, 1.54) is 24.3 Å². The molecule has 0 spiro atoms. The van der Waals surface area contributed by atoms with Crippen molar-refractivity contribution in [3.8, 4) is 5.88 Å². The number of pyridine rings is 1. The fraction of sp³-hybridized carbons (Fsp3) is 0.333. The summed E-state index contributed by atoms with van der Waals surface area (Å²) >= 11 is 0. The summed E-state index contributed by atoms with van der Waals surface area (Å²) in [5, 5.41) is 2.70. The number of amides is 1. The predicted octanol–water partition coefficient (Wildman–Crippen LogP) is 2.95. The highest BCUT2D eigenvalue weighted by Gasteiger charge is 2.18. The SMILES string of the molecule is CN1CCC(Oc2cccc(NC(=O)c3ccc(F)cc3)n2)CC1. The first-order valence-electron chi connectivity index (χ1n) is 7.99. The van der Waals surface area contributed by atoms with E-state index in [2.05, 4.69) is 22.2 Å². The van der Waals surface area contributed by atoms with Gasteiger partial charge in [0.15, 0.2) is 0 Å². The van der Waals surface area contributed by atoms with Crippen molar-refractivity contribution in [1.82, 2.24) is 9.88 Å². The van der Waals surface area contributed by atoms with Gasteiger partial charge in [0.25, 0.3) is 5.91 Å². The Morgan fingerprint density at radius 2 is 1.92 bits per heavy atom. The van der Waals surface area contributed by atoms with Gasteiger partial charge in [-0.25, -0.2) is 4.39 Å². The first-order valence-corrected chi connectivity index (χ1v) is 7.99. The maximum atomic E-state index is 12.9. The highest BCUT2D eigenvalue weighted by Crippen LogP contribution is 2.18. The van der Waals surface area contributed by atoms with Crippen LogP contribution in [0, 0.1) is 5.82 Å². The molecule has 2 aromatic rings. The van der Waals surface area contributed by atoms with Crippen LogP contribution in [0.15, 0.2) is 42.5 Å². The van der Waals surface area contributed by atoms with Crippen LogP contribution in [-0.4, -0.2) is 42.0 Å². The van der Waals surface area contributed by atoms with Gasteiger partial charge in [-0.2, -0.15) is 4.98 Å². The highest BCUT2D eigenvalue weighted by molar-refractivity contribution is 6.03. The number of carbonyl (C=O) groups excluding carboxylic acids is 1. The van der Waals surface area contributed by atoms with Crippen LogP contribution in [0.25, 0.3) is 0 Å². The third-order valence-electron chi connectivity index (χ3n) is 4.02. The Labute approximate surface area is 140 Å². The molecule has 2 heterocycles. The van der Waals surface area contributed by atoms with Crippen LogP contribution >= 0.6 is 0 Å². The van der Waals surface area contributed by atoms with Gasteiger partial charge in [-0.05, 0) is 50.2 Å². The first-order chi connectivity index (χ1) is 11.6. The molecule has 1 aromatic carbocycles. The lowest BCUT2D eigenvalue weighted by Crippen LogP contribution is -2.35. The van der Waals surface area contributed by atoms with Gasteiger partial charge in [0, 0.05) is 24.7 Å². The molecule has 1 N–H and O–H groups in total. The largest absolute Gasteiger partial charge is 0.474 e. The Hall–Kier alpha value is -2.47. The van der Waals surface area contributed by atoms with Gasteiger partial charge in [0.1, 0.15) is 17.7 Å². The van der Waals surface area contributed by atoms with Crippen molar-refractivity contribution >= 4 is 11.7 Å². The molecule has 6 heteroatoms. The summed E-state index contributed by atoms with van der Waals surface area (Å²) in [5.74, 6) is 0.202. The number of likely N-dealkylation sites (tertiary alicyclic amines) is 1. The maximum Gasteiger partial charge on any atom is 0.256 e. The summed E-state index contributed by atoms with van der Waals surface area (Å²) < 4.78 is 18.8. The lowest BCUT2D eigenvalue weighted by molar-refractivity contribution is 0.102. The fourth-order valence-corrected chi connectivity index (χ4v) is 2.61. The van der Waals surface area contributed by atoms with E-state index in [-0.39, 0.29) is 17.8 Å². The number of ether oxygens (including phenoxy) is 1. The molecular formula is C18H20FN3O2. The molecule has 1 saturated heterocycles. The van der Waals surface area contributed by atoms with E-state index < -0.39 is 0 Å². The number of halogens is 1. The summed E-state index contributed by atoms with van der Waals surface area (Å²) in [6.45, 7) is 2.01. The first kappa shape index (κ1) is 16.4.